The predicted octanol–water partition coefficient (Wildman–Crippen LogP) is 12.8. The lowest BCUT2D eigenvalue weighted by Gasteiger charge is -2.49. The number of anilines is 9. The first kappa shape index (κ1) is 30.9. The lowest BCUT2D eigenvalue weighted by atomic mass is 9.66. The minimum Gasteiger partial charge on any atom is -0.310 e. The molecule has 1 aromatic heterocycles. The standard InChI is InChI=1S/C47H40N4/c1-46(2)39-26-17-29-48-45(39)51-43-28-27-37(49(33-18-9-5-10-19-33)34-20-11-6-12-21-34)30-40(43)47(3,4)42-32-38(31-41(46)44(42)51)50(35-22-13-7-14-23-35)36-24-15-8-16-25-36/h5-32H,1-4H3. The Kier molecular flexibility index (Phi) is 7.11. The zero-order valence-electron chi connectivity index (χ0n) is 29.5. The highest BCUT2D eigenvalue weighted by Gasteiger charge is 2.47. The highest BCUT2D eigenvalue weighted by Crippen LogP contribution is 2.61. The normalized spacial score (nSPS) is 14.5. The number of hydrogen-bond acceptors (Lipinski definition) is 4. The lowest BCUT2D eigenvalue weighted by Crippen LogP contribution is -2.39. The van der Waals surface area contributed by atoms with Crippen molar-refractivity contribution in [1.29, 1.82) is 0 Å². The minimum absolute atomic E-state index is 0.288. The van der Waals surface area contributed by atoms with Crippen molar-refractivity contribution in [3.8, 4) is 0 Å². The monoisotopic (exact) mass is 660 g/mol. The Labute approximate surface area is 300 Å². The fourth-order valence-corrected chi connectivity index (χ4v) is 8.20. The van der Waals surface area contributed by atoms with Gasteiger partial charge >= 0.3 is 0 Å². The molecule has 0 unspecified atom stereocenters. The van der Waals surface area contributed by atoms with Crippen LogP contribution in [0.5, 0.6) is 0 Å². The van der Waals surface area contributed by atoms with E-state index in [0.29, 0.717) is 0 Å². The fourth-order valence-electron chi connectivity index (χ4n) is 8.20. The van der Waals surface area contributed by atoms with E-state index in [1.807, 2.05) is 6.20 Å². The van der Waals surface area contributed by atoms with Gasteiger partial charge in [0.25, 0.3) is 0 Å². The molecule has 0 spiro atoms. The summed E-state index contributed by atoms with van der Waals surface area (Å²) in [5.41, 5.74) is 13.6. The van der Waals surface area contributed by atoms with Gasteiger partial charge in [0.05, 0.1) is 11.4 Å². The fraction of sp³-hybridized carbons (Fsp3) is 0.128. The molecule has 0 amide bonds. The van der Waals surface area contributed by atoms with E-state index in [0.717, 1.165) is 39.9 Å². The molecule has 0 atom stereocenters. The third-order valence-corrected chi connectivity index (χ3v) is 10.8. The molecule has 0 fully saturated rings. The van der Waals surface area contributed by atoms with E-state index in [4.69, 9.17) is 4.98 Å². The molecule has 4 heteroatoms. The van der Waals surface area contributed by atoms with E-state index in [2.05, 4.69) is 206 Å². The van der Waals surface area contributed by atoms with Crippen molar-refractivity contribution in [3.05, 3.63) is 192 Å². The van der Waals surface area contributed by atoms with Crippen LogP contribution in [-0.4, -0.2) is 4.98 Å². The Morgan fingerprint density at radius 2 is 0.843 bits per heavy atom. The van der Waals surface area contributed by atoms with Gasteiger partial charge in [-0.25, -0.2) is 4.98 Å². The average Bonchev–Trinajstić information content (AvgIpc) is 3.17. The molecule has 0 saturated heterocycles. The first-order valence-electron chi connectivity index (χ1n) is 17.7. The van der Waals surface area contributed by atoms with Gasteiger partial charge in [-0.3, -0.25) is 4.90 Å². The van der Waals surface area contributed by atoms with Crippen molar-refractivity contribution in [3.63, 3.8) is 0 Å². The van der Waals surface area contributed by atoms with Crippen LogP contribution < -0.4 is 14.7 Å². The maximum absolute atomic E-state index is 5.10. The van der Waals surface area contributed by atoms with Gasteiger partial charge in [0.15, 0.2) is 0 Å². The largest absolute Gasteiger partial charge is 0.310 e. The first-order valence-corrected chi connectivity index (χ1v) is 17.7. The second-order valence-electron chi connectivity index (χ2n) is 14.6. The van der Waals surface area contributed by atoms with Crippen LogP contribution in [-0.2, 0) is 10.8 Å². The Hall–Kier alpha value is -6.13. The Morgan fingerprint density at radius 1 is 0.412 bits per heavy atom. The third kappa shape index (κ3) is 4.85. The zero-order valence-corrected chi connectivity index (χ0v) is 29.5. The first-order chi connectivity index (χ1) is 24.8. The van der Waals surface area contributed by atoms with Crippen LogP contribution >= 0.6 is 0 Å². The summed E-state index contributed by atoms with van der Waals surface area (Å²) in [6.45, 7) is 9.47. The molecule has 0 saturated carbocycles. The molecule has 2 aliphatic heterocycles. The third-order valence-electron chi connectivity index (χ3n) is 10.8. The lowest BCUT2D eigenvalue weighted by molar-refractivity contribution is 0.594. The second-order valence-corrected chi connectivity index (χ2v) is 14.6. The zero-order chi connectivity index (χ0) is 34.7. The molecule has 4 nitrogen and oxygen atoms in total. The molecule has 7 aromatic rings. The van der Waals surface area contributed by atoms with Crippen LogP contribution in [0.15, 0.2) is 170 Å². The number of pyridine rings is 1. The van der Waals surface area contributed by atoms with Gasteiger partial charge in [-0.05, 0) is 102 Å². The summed E-state index contributed by atoms with van der Waals surface area (Å²) < 4.78 is 0. The van der Waals surface area contributed by atoms with Crippen LogP contribution in [0.2, 0.25) is 0 Å². The Balaban J connectivity index is 1.32. The van der Waals surface area contributed by atoms with Crippen LogP contribution in [0.25, 0.3) is 0 Å². The summed E-state index contributed by atoms with van der Waals surface area (Å²) in [7, 11) is 0. The molecule has 6 aromatic carbocycles. The summed E-state index contributed by atoms with van der Waals surface area (Å²) >= 11 is 0. The molecular formula is C47H40N4. The molecule has 3 heterocycles. The van der Waals surface area contributed by atoms with Gasteiger partial charge in [0, 0.05) is 56.7 Å². The molecule has 9 rings (SSSR count). The SMILES string of the molecule is CC1(C)c2cc(N(c3ccccc3)c3ccccc3)ccc2N2c3ncccc3C(C)(C)c3cc(N(c4ccccc4)c4ccccc4)cc1c32. The summed E-state index contributed by atoms with van der Waals surface area (Å²) in [6.07, 6.45) is 1.93. The van der Waals surface area contributed by atoms with Crippen molar-refractivity contribution in [2.45, 2.75) is 38.5 Å². The molecular weight excluding hydrogens is 621 g/mol. The molecule has 0 aliphatic carbocycles. The molecule has 51 heavy (non-hydrogen) atoms. The minimum atomic E-state index is -0.345. The van der Waals surface area contributed by atoms with E-state index in [9.17, 15) is 0 Å². The average molecular weight is 661 g/mol. The van der Waals surface area contributed by atoms with E-state index < -0.39 is 0 Å². The van der Waals surface area contributed by atoms with Crippen LogP contribution in [0.3, 0.4) is 0 Å². The van der Waals surface area contributed by atoms with Crippen molar-refractivity contribution in [1.82, 2.24) is 4.98 Å². The number of benzene rings is 6. The summed E-state index contributed by atoms with van der Waals surface area (Å²) in [4.78, 5) is 12.3. The molecule has 0 radical (unpaired) electrons. The summed E-state index contributed by atoms with van der Waals surface area (Å²) in [5, 5.41) is 0. The van der Waals surface area contributed by atoms with Gasteiger partial charge < -0.3 is 9.80 Å². The molecule has 2 aliphatic rings. The van der Waals surface area contributed by atoms with Crippen molar-refractivity contribution in [2.75, 3.05) is 14.7 Å². The van der Waals surface area contributed by atoms with E-state index in [-0.39, 0.29) is 10.8 Å². The topological polar surface area (TPSA) is 22.6 Å². The number of hydrogen-bond donors (Lipinski definition) is 0. The Morgan fingerprint density at radius 3 is 1.33 bits per heavy atom. The summed E-state index contributed by atoms with van der Waals surface area (Å²) in [5.74, 6) is 0.999. The van der Waals surface area contributed by atoms with E-state index in [1.54, 1.807) is 0 Å². The maximum Gasteiger partial charge on any atom is 0.141 e. The van der Waals surface area contributed by atoms with Gasteiger partial charge in [-0.15, -0.1) is 0 Å². The second kappa shape index (κ2) is 11.7. The highest BCUT2D eigenvalue weighted by molar-refractivity contribution is 5.95. The molecule has 248 valence electrons. The van der Waals surface area contributed by atoms with Crippen LogP contribution in [0, 0.1) is 0 Å². The van der Waals surface area contributed by atoms with Crippen LogP contribution in [0.1, 0.15) is 49.9 Å². The van der Waals surface area contributed by atoms with Crippen molar-refractivity contribution < 1.29 is 0 Å². The summed E-state index contributed by atoms with van der Waals surface area (Å²) in [6, 6.07) is 58.9. The van der Waals surface area contributed by atoms with E-state index >= 15 is 0 Å². The molecule has 0 bridgehead atoms. The van der Waals surface area contributed by atoms with E-state index in [1.165, 1.54) is 33.6 Å². The maximum atomic E-state index is 5.10. The number of aromatic nitrogens is 1. The number of nitrogens with zero attached hydrogens (tertiary/aromatic N) is 4. The van der Waals surface area contributed by atoms with Gasteiger partial charge in [0.2, 0.25) is 0 Å². The van der Waals surface area contributed by atoms with Crippen molar-refractivity contribution in [2.24, 2.45) is 0 Å². The van der Waals surface area contributed by atoms with Crippen LogP contribution in [0.4, 0.5) is 51.3 Å². The predicted molar refractivity (Wildman–Crippen MR) is 213 cm³/mol. The molecule has 0 N–H and O–H groups in total. The Bertz CT molecular complexity index is 2290. The number of fused-ring (bicyclic) bond motifs is 4. The number of rotatable bonds is 6. The number of para-hydroxylation sites is 4. The van der Waals surface area contributed by atoms with Gasteiger partial charge in [-0.1, -0.05) is 107 Å². The van der Waals surface area contributed by atoms with Gasteiger partial charge in [0.1, 0.15) is 5.82 Å². The van der Waals surface area contributed by atoms with Gasteiger partial charge in [-0.2, -0.15) is 0 Å². The quantitative estimate of drug-likeness (QED) is 0.177. The van der Waals surface area contributed by atoms with Crippen molar-refractivity contribution >= 4 is 51.3 Å². The smallest absolute Gasteiger partial charge is 0.141 e. The highest BCUT2D eigenvalue weighted by atomic mass is 15.2.